The van der Waals surface area contributed by atoms with Gasteiger partial charge in [0.25, 0.3) is 0 Å². The number of hydrogen-bond donors (Lipinski definition) is 1. The summed E-state index contributed by atoms with van der Waals surface area (Å²) in [6.45, 7) is 0.704. The van der Waals surface area contributed by atoms with Gasteiger partial charge in [-0.2, -0.15) is 26.3 Å². The average molecular weight is 521 g/mol. The molecule has 3 amide bonds. The Kier molecular flexibility index (Phi) is 7.42. The summed E-state index contributed by atoms with van der Waals surface area (Å²) in [6.07, 6.45) is -11.3. The van der Waals surface area contributed by atoms with Gasteiger partial charge in [0.15, 0.2) is 0 Å². The Bertz CT molecular complexity index is 1120. The zero-order valence-electron chi connectivity index (χ0n) is 19.1. The molecule has 1 fully saturated rings. The van der Waals surface area contributed by atoms with Crippen LogP contribution in [0.15, 0.2) is 36.4 Å². The lowest BCUT2D eigenvalue weighted by molar-refractivity contribution is -0.143. The Labute approximate surface area is 201 Å². The van der Waals surface area contributed by atoms with Crippen molar-refractivity contribution in [2.24, 2.45) is 0 Å². The normalized spacial score (nSPS) is 16.8. The van der Waals surface area contributed by atoms with Gasteiger partial charge in [0.2, 0.25) is 0 Å². The molecule has 1 heterocycles. The molecule has 1 aliphatic rings. The van der Waals surface area contributed by atoms with Gasteiger partial charge in [-0.05, 0) is 53.9 Å². The van der Waals surface area contributed by atoms with Crippen molar-refractivity contribution in [1.29, 1.82) is 0 Å². The van der Waals surface area contributed by atoms with E-state index in [9.17, 15) is 45.4 Å². The maximum atomic E-state index is 13.6. The molecule has 0 aromatic heterocycles. The fourth-order valence-corrected chi connectivity index (χ4v) is 4.14. The lowest BCUT2D eigenvalue weighted by atomic mass is 9.97. The zero-order chi connectivity index (χ0) is 27.0. The molecule has 1 unspecified atom stereocenters. The Balaban J connectivity index is 1.92. The number of halogens is 7. The predicted molar refractivity (Wildman–Crippen MR) is 113 cm³/mol. The molecule has 0 aliphatic carbocycles. The minimum absolute atomic E-state index is 0.00376. The van der Waals surface area contributed by atoms with Crippen molar-refractivity contribution in [3.63, 3.8) is 0 Å². The van der Waals surface area contributed by atoms with Crippen LogP contribution >= 0.6 is 0 Å². The van der Waals surface area contributed by atoms with Crippen molar-refractivity contribution >= 4 is 12.1 Å². The van der Waals surface area contributed by atoms with Gasteiger partial charge < -0.3 is 19.8 Å². The number of carbonyl (C=O) groups excluding carboxylic acids is 1. The maximum absolute atomic E-state index is 13.6. The molecule has 3 rings (SSSR count). The zero-order valence-corrected chi connectivity index (χ0v) is 19.1. The van der Waals surface area contributed by atoms with Gasteiger partial charge in [0.05, 0.1) is 17.2 Å². The molecule has 1 N–H and O–H groups in total. The minimum Gasteiger partial charge on any atom is -0.465 e. The molecule has 36 heavy (non-hydrogen) atoms. The number of amides is 3. The van der Waals surface area contributed by atoms with Crippen LogP contribution < -0.4 is 0 Å². The number of carbonyl (C=O) groups is 2. The highest BCUT2D eigenvalue weighted by Crippen LogP contribution is 2.37. The molecular formula is C23H22F7N3O3. The SMILES string of the molecule is Cc1cc(F)ccc1C1CN(C(=O)O)CCN1C(=O)N(C)Cc1cc(C(F)(F)F)cc(C(F)(F)F)c1. The third-order valence-corrected chi connectivity index (χ3v) is 5.88. The summed E-state index contributed by atoms with van der Waals surface area (Å²) in [5.41, 5.74) is -2.47. The second kappa shape index (κ2) is 9.86. The fraction of sp³-hybridized carbons (Fsp3) is 0.391. The van der Waals surface area contributed by atoms with Gasteiger partial charge in [0.1, 0.15) is 5.82 Å². The molecule has 6 nitrogen and oxygen atoms in total. The molecular weight excluding hydrogens is 499 g/mol. The summed E-state index contributed by atoms with van der Waals surface area (Å²) >= 11 is 0. The van der Waals surface area contributed by atoms with Gasteiger partial charge in [-0.3, -0.25) is 0 Å². The molecule has 0 spiro atoms. The highest BCUT2D eigenvalue weighted by Gasteiger charge is 2.38. The van der Waals surface area contributed by atoms with E-state index in [4.69, 9.17) is 0 Å². The van der Waals surface area contributed by atoms with Crippen molar-refractivity contribution in [2.75, 3.05) is 26.7 Å². The van der Waals surface area contributed by atoms with E-state index in [0.29, 0.717) is 23.3 Å². The summed E-state index contributed by atoms with van der Waals surface area (Å²) in [4.78, 5) is 28.1. The molecule has 1 aliphatic heterocycles. The summed E-state index contributed by atoms with van der Waals surface area (Å²) in [5.74, 6) is -0.540. The third-order valence-electron chi connectivity index (χ3n) is 5.88. The van der Waals surface area contributed by atoms with E-state index in [1.165, 1.54) is 24.1 Å². The number of benzene rings is 2. The molecule has 0 saturated carbocycles. The summed E-state index contributed by atoms with van der Waals surface area (Å²) < 4.78 is 92.8. The lowest BCUT2D eigenvalue weighted by Gasteiger charge is -2.42. The van der Waals surface area contributed by atoms with Gasteiger partial charge >= 0.3 is 24.5 Å². The van der Waals surface area contributed by atoms with E-state index in [1.54, 1.807) is 6.92 Å². The Morgan fingerprint density at radius 1 is 1.00 bits per heavy atom. The fourth-order valence-electron chi connectivity index (χ4n) is 4.14. The van der Waals surface area contributed by atoms with Crippen LogP contribution in [-0.2, 0) is 18.9 Å². The number of carboxylic acid groups (broad SMARTS) is 1. The third kappa shape index (κ3) is 6.00. The molecule has 2 aromatic carbocycles. The number of piperazine rings is 1. The highest BCUT2D eigenvalue weighted by molar-refractivity contribution is 5.75. The van der Waals surface area contributed by atoms with E-state index >= 15 is 0 Å². The summed E-state index contributed by atoms with van der Waals surface area (Å²) in [6, 6.07) is 3.27. The van der Waals surface area contributed by atoms with E-state index < -0.39 is 54.0 Å². The molecule has 0 bridgehead atoms. The second-order valence-electron chi connectivity index (χ2n) is 8.49. The molecule has 1 atom stereocenters. The second-order valence-corrected chi connectivity index (χ2v) is 8.49. The largest absolute Gasteiger partial charge is 0.465 e. The quantitative estimate of drug-likeness (QED) is 0.523. The van der Waals surface area contributed by atoms with Gasteiger partial charge in [-0.1, -0.05) is 6.07 Å². The van der Waals surface area contributed by atoms with Crippen LogP contribution in [-0.4, -0.2) is 58.6 Å². The Morgan fingerprint density at radius 2 is 1.58 bits per heavy atom. The van der Waals surface area contributed by atoms with Crippen molar-refractivity contribution in [2.45, 2.75) is 31.9 Å². The van der Waals surface area contributed by atoms with Gasteiger partial charge in [-0.15, -0.1) is 0 Å². The van der Waals surface area contributed by atoms with E-state index in [-0.39, 0.29) is 31.3 Å². The number of urea groups is 1. The standard InChI is InChI=1S/C23H22F7N3O3/c1-13-7-17(24)3-4-18(13)19-12-32(21(35)36)5-6-33(19)20(34)31(2)11-14-8-15(22(25,26)27)10-16(9-14)23(28,29)30/h3-4,7-10,19H,5-6,11-12H2,1-2H3,(H,35,36). The van der Waals surface area contributed by atoms with Crippen LogP contribution in [0.3, 0.4) is 0 Å². The lowest BCUT2D eigenvalue weighted by Crippen LogP contribution is -2.54. The predicted octanol–water partition coefficient (Wildman–Crippen LogP) is 5.76. The summed E-state index contributed by atoms with van der Waals surface area (Å²) in [5, 5.41) is 9.40. The number of hydrogen-bond acceptors (Lipinski definition) is 2. The molecule has 1 saturated heterocycles. The monoisotopic (exact) mass is 521 g/mol. The highest BCUT2D eigenvalue weighted by atomic mass is 19.4. The topological polar surface area (TPSA) is 64.1 Å². The Hall–Kier alpha value is -3.51. The Morgan fingerprint density at radius 3 is 2.08 bits per heavy atom. The van der Waals surface area contributed by atoms with Crippen molar-refractivity contribution in [3.8, 4) is 0 Å². The number of alkyl halides is 6. The van der Waals surface area contributed by atoms with Crippen LogP contribution in [0.25, 0.3) is 0 Å². The molecule has 196 valence electrons. The van der Waals surface area contributed by atoms with Crippen molar-refractivity contribution in [3.05, 3.63) is 70.0 Å². The van der Waals surface area contributed by atoms with Crippen LogP contribution in [0.1, 0.15) is 33.9 Å². The van der Waals surface area contributed by atoms with E-state index in [0.717, 1.165) is 15.9 Å². The first-order valence-corrected chi connectivity index (χ1v) is 10.6. The van der Waals surface area contributed by atoms with Crippen LogP contribution in [0.5, 0.6) is 0 Å². The van der Waals surface area contributed by atoms with Crippen LogP contribution in [0, 0.1) is 12.7 Å². The van der Waals surface area contributed by atoms with Gasteiger partial charge in [0, 0.05) is 33.2 Å². The molecule has 0 radical (unpaired) electrons. The van der Waals surface area contributed by atoms with Gasteiger partial charge in [-0.25, -0.2) is 14.0 Å². The van der Waals surface area contributed by atoms with Crippen molar-refractivity contribution < 1.29 is 45.4 Å². The van der Waals surface area contributed by atoms with E-state index in [2.05, 4.69) is 0 Å². The first-order chi connectivity index (χ1) is 16.6. The first kappa shape index (κ1) is 27.1. The average Bonchev–Trinajstić information content (AvgIpc) is 2.76. The smallest absolute Gasteiger partial charge is 0.416 e. The molecule has 2 aromatic rings. The molecule has 13 heteroatoms. The maximum Gasteiger partial charge on any atom is 0.416 e. The number of aryl methyl sites for hydroxylation is 1. The first-order valence-electron chi connectivity index (χ1n) is 10.6. The number of rotatable bonds is 3. The summed E-state index contributed by atoms with van der Waals surface area (Å²) in [7, 11) is 1.22. The van der Waals surface area contributed by atoms with E-state index in [1.807, 2.05) is 0 Å². The van der Waals surface area contributed by atoms with Crippen LogP contribution in [0.2, 0.25) is 0 Å². The van der Waals surface area contributed by atoms with Crippen LogP contribution in [0.4, 0.5) is 40.3 Å². The van der Waals surface area contributed by atoms with Crippen molar-refractivity contribution in [1.82, 2.24) is 14.7 Å². The minimum atomic E-state index is -5.03. The number of nitrogens with zero attached hydrogens (tertiary/aromatic N) is 3.